The van der Waals surface area contributed by atoms with Crippen LogP contribution in [-0.4, -0.2) is 23.5 Å². The maximum Gasteiger partial charge on any atom is 0.188 e. The quantitative estimate of drug-likeness (QED) is 0.809. The van der Waals surface area contributed by atoms with Gasteiger partial charge >= 0.3 is 0 Å². The molecule has 0 aliphatic carbocycles. The third-order valence-electron chi connectivity index (χ3n) is 2.05. The first-order chi connectivity index (χ1) is 7.81. The number of halogens is 1. The third-order valence-corrected chi connectivity index (χ3v) is 2.70. The molecule has 16 heavy (non-hydrogen) atoms. The van der Waals surface area contributed by atoms with Crippen LogP contribution in [0.2, 0.25) is 0 Å². The van der Waals surface area contributed by atoms with Gasteiger partial charge in [0.2, 0.25) is 0 Å². The standard InChI is InChI=1S/C11H11BrN2O2/c1-15-8-16-11-6-9(2-3-10(11)12)14-5-4-13-7-14/h2-7H,8H2,1H3. The Balaban J connectivity index is 2.28. The van der Waals surface area contributed by atoms with Gasteiger partial charge in [-0.05, 0) is 28.1 Å². The second-order valence-electron chi connectivity index (χ2n) is 3.14. The summed E-state index contributed by atoms with van der Waals surface area (Å²) in [5.74, 6) is 0.744. The number of aromatic nitrogens is 2. The summed E-state index contributed by atoms with van der Waals surface area (Å²) in [4.78, 5) is 4.00. The van der Waals surface area contributed by atoms with Crippen molar-refractivity contribution in [3.8, 4) is 11.4 Å². The number of hydrogen-bond acceptors (Lipinski definition) is 3. The van der Waals surface area contributed by atoms with Crippen molar-refractivity contribution in [2.75, 3.05) is 13.9 Å². The van der Waals surface area contributed by atoms with Gasteiger partial charge in [-0.15, -0.1) is 0 Å². The molecular formula is C11H11BrN2O2. The van der Waals surface area contributed by atoms with Crippen molar-refractivity contribution in [1.82, 2.24) is 9.55 Å². The lowest BCUT2D eigenvalue weighted by Crippen LogP contribution is -2.00. The summed E-state index contributed by atoms with van der Waals surface area (Å²) in [6.07, 6.45) is 5.35. The second-order valence-corrected chi connectivity index (χ2v) is 3.99. The van der Waals surface area contributed by atoms with Crippen LogP contribution >= 0.6 is 15.9 Å². The summed E-state index contributed by atoms with van der Waals surface area (Å²) in [5.41, 5.74) is 0.992. The Morgan fingerprint density at radius 2 is 2.31 bits per heavy atom. The van der Waals surface area contributed by atoms with Crippen molar-refractivity contribution in [3.05, 3.63) is 41.4 Å². The summed E-state index contributed by atoms with van der Waals surface area (Å²) >= 11 is 3.42. The van der Waals surface area contributed by atoms with E-state index >= 15 is 0 Å². The average molecular weight is 283 g/mol. The molecule has 0 atom stereocenters. The molecule has 5 heteroatoms. The highest BCUT2D eigenvalue weighted by molar-refractivity contribution is 9.10. The van der Waals surface area contributed by atoms with E-state index in [1.54, 1.807) is 19.6 Å². The van der Waals surface area contributed by atoms with E-state index in [-0.39, 0.29) is 6.79 Å². The van der Waals surface area contributed by atoms with E-state index in [2.05, 4.69) is 20.9 Å². The number of benzene rings is 1. The monoisotopic (exact) mass is 282 g/mol. The number of nitrogens with zero attached hydrogens (tertiary/aromatic N) is 2. The molecule has 84 valence electrons. The van der Waals surface area contributed by atoms with E-state index in [9.17, 15) is 0 Å². The van der Waals surface area contributed by atoms with E-state index in [4.69, 9.17) is 9.47 Å². The first-order valence-electron chi connectivity index (χ1n) is 4.71. The molecular weight excluding hydrogens is 272 g/mol. The molecule has 0 saturated heterocycles. The highest BCUT2D eigenvalue weighted by Gasteiger charge is 2.03. The summed E-state index contributed by atoms with van der Waals surface area (Å²) in [6.45, 7) is 0.228. The van der Waals surface area contributed by atoms with E-state index < -0.39 is 0 Å². The highest BCUT2D eigenvalue weighted by atomic mass is 79.9. The first kappa shape index (κ1) is 11.2. The molecule has 1 aromatic heterocycles. The fourth-order valence-corrected chi connectivity index (χ4v) is 1.66. The Morgan fingerprint density at radius 3 is 3.00 bits per heavy atom. The fraction of sp³-hybridized carbons (Fsp3) is 0.182. The third kappa shape index (κ3) is 2.43. The lowest BCUT2D eigenvalue weighted by atomic mass is 10.3. The Hall–Kier alpha value is -1.33. The van der Waals surface area contributed by atoms with Crippen molar-refractivity contribution < 1.29 is 9.47 Å². The minimum Gasteiger partial charge on any atom is -0.466 e. The van der Waals surface area contributed by atoms with Crippen LogP contribution < -0.4 is 4.74 Å². The zero-order valence-corrected chi connectivity index (χ0v) is 10.3. The van der Waals surface area contributed by atoms with Gasteiger partial charge in [-0.25, -0.2) is 4.98 Å². The van der Waals surface area contributed by atoms with Crippen LogP contribution in [0, 0.1) is 0 Å². The summed E-state index contributed by atoms with van der Waals surface area (Å²) in [5, 5.41) is 0. The van der Waals surface area contributed by atoms with Crippen molar-refractivity contribution in [2.24, 2.45) is 0 Å². The fourth-order valence-electron chi connectivity index (χ4n) is 1.30. The molecule has 0 aliphatic heterocycles. The van der Waals surface area contributed by atoms with E-state index in [1.165, 1.54) is 0 Å². The van der Waals surface area contributed by atoms with Gasteiger partial charge in [0, 0.05) is 25.6 Å². The van der Waals surface area contributed by atoms with Gasteiger partial charge in [0.15, 0.2) is 6.79 Å². The molecule has 0 saturated carbocycles. The summed E-state index contributed by atoms with van der Waals surface area (Å²) in [7, 11) is 1.59. The van der Waals surface area contributed by atoms with Crippen LogP contribution in [0.4, 0.5) is 0 Å². The molecule has 0 N–H and O–H groups in total. The zero-order valence-electron chi connectivity index (χ0n) is 8.76. The summed E-state index contributed by atoms with van der Waals surface area (Å²) in [6, 6.07) is 5.83. The van der Waals surface area contributed by atoms with Gasteiger partial charge in [-0.2, -0.15) is 0 Å². The van der Waals surface area contributed by atoms with Crippen LogP contribution in [0.5, 0.6) is 5.75 Å². The number of imidazole rings is 1. The minimum atomic E-state index is 0.228. The molecule has 0 aliphatic rings. The number of rotatable bonds is 4. The first-order valence-corrected chi connectivity index (χ1v) is 5.50. The molecule has 2 aromatic rings. The lowest BCUT2D eigenvalue weighted by molar-refractivity contribution is 0.0506. The maximum atomic E-state index is 5.42. The predicted octanol–water partition coefficient (Wildman–Crippen LogP) is 2.62. The molecule has 0 amide bonds. The highest BCUT2D eigenvalue weighted by Crippen LogP contribution is 2.27. The number of ether oxygens (including phenoxy) is 2. The van der Waals surface area contributed by atoms with Gasteiger partial charge in [0.1, 0.15) is 5.75 Å². The normalized spacial score (nSPS) is 10.4. The minimum absolute atomic E-state index is 0.228. The maximum absolute atomic E-state index is 5.42. The Labute approximate surface area is 102 Å². The summed E-state index contributed by atoms with van der Waals surface area (Å²) < 4.78 is 13.1. The van der Waals surface area contributed by atoms with Gasteiger partial charge in [-0.1, -0.05) is 0 Å². The van der Waals surface area contributed by atoms with Crippen molar-refractivity contribution in [2.45, 2.75) is 0 Å². The van der Waals surface area contributed by atoms with Crippen LogP contribution in [0.15, 0.2) is 41.4 Å². The van der Waals surface area contributed by atoms with Crippen LogP contribution in [0.3, 0.4) is 0 Å². The number of hydrogen-bond donors (Lipinski definition) is 0. The molecule has 0 bridgehead atoms. The van der Waals surface area contributed by atoms with E-state index in [0.717, 1.165) is 15.9 Å². The Bertz CT molecular complexity index is 457. The molecule has 1 aromatic carbocycles. The molecule has 1 heterocycles. The Kier molecular flexibility index (Phi) is 3.58. The van der Waals surface area contributed by atoms with E-state index in [1.807, 2.05) is 29.0 Å². The SMILES string of the molecule is COCOc1cc(-n2ccnc2)ccc1Br. The van der Waals surface area contributed by atoms with Gasteiger partial charge in [0.25, 0.3) is 0 Å². The molecule has 0 fully saturated rings. The largest absolute Gasteiger partial charge is 0.466 e. The molecule has 4 nitrogen and oxygen atoms in total. The topological polar surface area (TPSA) is 36.3 Å². The second kappa shape index (κ2) is 5.14. The average Bonchev–Trinajstić information content (AvgIpc) is 2.81. The van der Waals surface area contributed by atoms with Crippen molar-refractivity contribution in [1.29, 1.82) is 0 Å². The van der Waals surface area contributed by atoms with Crippen LogP contribution in [-0.2, 0) is 4.74 Å². The number of methoxy groups -OCH3 is 1. The van der Waals surface area contributed by atoms with Crippen LogP contribution in [0.1, 0.15) is 0 Å². The van der Waals surface area contributed by atoms with Crippen LogP contribution in [0.25, 0.3) is 5.69 Å². The molecule has 0 spiro atoms. The zero-order chi connectivity index (χ0) is 11.4. The van der Waals surface area contributed by atoms with Gasteiger partial charge in [0.05, 0.1) is 16.5 Å². The molecule has 0 radical (unpaired) electrons. The van der Waals surface area contributed by atoms with E-state index in [0.29, 0.717) is 0 Å². The smallest absolute Gasteiger partial charge is 0.188 e. The molecule has 0 unspecified atom stereocenters. The molecule has 2 rings (SSSR count). The van der Waals surface area contributed by atoms with Crippen molar-refractivity contribution in [3.63, 3.8) is 0 Å². The van der Waals surface area contributed by atoms with Gasteiger partial charge in [-0.3, -0.25) is 0 Å². The predicted molar refractivity (Wildman–Crippen MR) is 63.8 cm³/mol. The Morgan fingerprint density at radius 1 is 1.44 bits per heavy atom. The lowest BCUT2D eigenvalue weighted by Gasteiger charge is -2.09. The van der Waals surface area contributed by atoms with Crippen molar-refractivity contribution >= 4 is 15.9 Å². The van der Waals surface area contributed by atoms with Gasteiger partial charge < -0.3 is 14.0 Å².